The molecule has 0 aromatic carbocycles. The minimum atomic E-state index is -2.62. The zero-order valence-corrected chi connectivity index (χ0v) is 17.0. The maximum absolute atomic E-state index is 12.4. The minimum Gasteiger partial charge on any atom is -0.381 e. The maximum Gasteiger partial charge on any atom is 0.255 e. The number of carbonyl (C=O) groups excluding carboxylic acids is 1. The third kappa shape index (κ3) is 3.98. The monoisotopic (exact) mass is 441 g/mol. The zero-order valence-electron chi connectivity index (χ0n) is 17.0. The van der Waals surface area contributed by atoms with E-state index in [1.165, 1.54) is 10.7 Å². The van der Waals surface area contributed by atoms with E-state index in [1.807, 2.05) is 12.3 Å². The van der Waals surface area contributed by atoms with Crippen molar-refractivity contribution >= 4 is 28.4 Å². The van der Waals surface area contributed by atoms with E-state index in [1.54, 1.807) is 18.5 Å². The predicted octanol–water partition coefficient (Wildman–Crippen LogP) is 2.86. The van der Waals surface area contributed by atoms with Gasteiger partial charge in [-0.3, -0.25) is 4.79 Å². The van der Waals surface area contributed by atoms with Crippen molar-refractivity contribution in [3.05, 3.63) is 42.5 Å². The topological polar surface area (TPSA) is 109 Å². The number of amides is 1. The standard InChI is InChI=1S/C21H21F2N7O2/c22-18(23)11-25-20(31)16-10-27-30-4-1-12(7-17(16)30)14-8-24-19-15(14)9-26-21(29-19)28-13-2-5-32-6-3-13/h1,4,7-10,13,18H,2-3,5-6,11H2,(H,25,31)(H2,24,26,28,29). The second-order valence-corrected chi connectivity index (χ2v) is 7.59. The first-order chi connectivity index (χ1) is 15.6. The van der Waals surface area contributed by atoms with Crippen LogP contribution in [0.4, 0.5) is 14.7 Å². The van der Waals surface area contributed by atoms with Crippen LogP contribution in [0, 0.1) is 0 Å². The van der Waals surface area contributed by atoms with Gasteiger partial charge >= 0.3 is 0 Å². The van der Waals surface area contributed by atoms with Gasteiger partial charge < -0.3 is 20.4 Å². The van der Waals surface area contributed by atoms with E-state index in [0.717, 1.165) is 42.6 Å². The van der Waals surface area contributed by atoms with Crippen molar-refractivity contribution in [1.29, 1.82) is 0 Å². The molecule has 1 aliphatic heterocycles. The third-order valence-electron chi connectivity index (χ3n) is 5.48. The average molecular weight is 441 g/mol. The smallest absolute Gasteiger partial charge is 0.255 e. The quantitative estimate of drug-likeness (QED) is 0.425. The van der Waals surface area contributed by atoms with Crippen LogP contribution in [0.15, 0.2) is 36.9 Å². The highest BCUT2D eigenvalue weighted by Gasteiger charge is 2.18. The number of anilines is 1. The van der Waals surface area contributed by atoms with Crippen LogP contribution in [0.25, 0.3) is 27.7 Å². The summed E-state index contributed by atoms with van der Waals surface area (Å²) in [6.07, 6.45) is 5.88. The van der Waals surface area contributed by atoms with Gasteiger partial charge in [0.15, 0.2) is 0 Å². The van der Waals surface area contributed by atoms with E-state index < -0.39 is 18.9 Å². The molecule has 3 N–H and O–H groups in total. The minimum absolute atomic E-state index is 0.228. The number of alkyl halides is 2. The van der Waals surface area contributed by atoms with Gasteiger partial charge in [0, 0.05) is 48.8 Å². The number of halogens is 2. The number of hydrogen-bond acceptors (Lipinski definition) is 6. The normalized spacial score (nSPS) is 15.0. The van der Waals surface area contributed by atoms with Crippen LogP contribution < -0.4 is 10.6 Å². The molecule has 4 aromatic rings. The van der Waals surface area contributed by atoms with Crippen LogP contribution in [-0.2, 0) is 4.74 Å². The van der Waals surface area contributed by atoms with E-state index in [0.29, 0.717) is 17.1 Å². The Morgan fingerprint density at radius 3 is 2.97 bits per heavy atom. The fourth-order valence-corrected chi connectivity index (χ4v) is 3.83. The van der Waals surface area contributed by atoms with Gasteiger partial charge in [-0.25, -0.2) is 18.3 Å². The molecule has 0 unspecified atom stereocenters. The van der Waals surface area contributed by atoms with Gasteiger partial charge in [0.2, 0.25) is 5.95 Å². The van der Waals surface area contributed by atoms with Gasteiger partial charge in [-0.15, -0.1) is 0 Å². The summed E-state index contributed by atoms with van der Waals surface area (Å²) in [5.74, 6) is -0.0365. The molecule has 0 saturated carbocycles. The van der Waals surface area contributed by atoms with Crippen LogP contribution in [0.5, 0.6) is 0 Å². The van der Waals surface area contributed by atoms with Crippen molar-refractivity contribution in [3.63, 3.8) is 0 Å². The lowest BCUT2D eigenvalue weighted by Gasteiger charge is -2.22. The Hall–Kier alpha value is -3.60. The second-order valence-electron chi connectivity index (χ2n) is 7.59. The Kier molecular flexibility index (Phi) is 5.39. The molecule has 32 heavy (non-hydrogen) atoms. The molecule has 9 nitrogen and oxygen atoms in total. The number of rotatable bonds is 6. The summed E-state index contributed by atoms with van der Waals surface area (Å²) in [6.45, 7) is 0.747. The molecule has 0 radical (unpaired) electrons. The number of aromatic amines is 1. The number of hydrogen-bond donors (Lipinski definition) is 3. The Balaban J connectivity index is 1.43. The van der Waals surface area contributed by atoms with Gasteiger partial charge in [0.05, 0.1) is 23.8 Å². The average Bonchev–Trinajstić information content (AvgIpc) is 3.41. The number of carbonyl (C=O) groups is 1. The van der Waals surface area contributed by atoms with Crippen molar-refractivity contribution in [2.24, 2.45) is 0 Å². The molecular weight excluding hydrogens is 420 g/mol. The van der Waals surface area contributed by atoms with Gasteiger partial charge in [0.25, 0.3) is 12.3 Å². The highest BCUT2D eigenvalue weighted by atomic mass is 19.3. The summed E-state index contributed by atoms with van der Waals surface area (Å²) in [4.78, 5) is 24.5. The van der Waals surface area contributed by atoms with Gasteiger partial charge in [-0.05, 0) is 30.5 Å². The third-order valence-corrected chi connectivity index (χ3v) is 5.48. The number of fused-ring (bicyclic) bond motifs is 2. The summed E-state index contributed by atoms with van der Waals surface area (Å²) >= 11 is 0. The second kappa shape index (κ2) is 8.50. The number of aromatic nitrogens is 5. The fourth-order valence-electron chi connectivity index (χ4n) is 3.83. The van der Waals surface area contributed by atoms with Crippen molar-refractivity contribution in [2.75, 3.05) is 25.1 Å². The summed E-state index contributed by atoms with van der Waals surface area (Å²) in [7, 11) is 0. The Morgan fingerprint density at radius 1 is 1.31 bits per heavy atom. The van der Waals surface area contributed by atoms with Crippen molar-refractivity contribution in [1.82, 2.24) is 29.9 Å². The number of ether oxygens (including phenoxy) is 1. The highest BCUT2D eigenvalue weighted by Crippen LogP contribution is 2.29. The molecule has 166 valence electrons. The summed E-state index contributed by atoms with van der Waals surface area (Å²) in [5, 5.41) is 10.5. The molecule has 0 spiro atoms. The fraction of sp³-hybridized carbons (Fsp3) is 0.333. The molecule has 11 heteroatoms. The first kappa shape index (κ1) is 20.3. The van der Waals surface area contributed by atoms with E-state index in [4.69, 9.17) is 4.74 Å². The van der Waals surface area contributed by atoms with Gasteiger partial charge in [-0.2, -0.15) is 10.1 Å². The highest BCUT2D eigenvalue weighted by molar-refractivity contribution is 6.02. The van der Waals surface area contributed by atoms with Crippen molar-refractivity contribution in [2.45, 2.75) is 25.3 Å². The largest absolute Gasteiger partial charge is 0.381 e. The molecule has 1 saturated heterocycles. The van der Waals surface area contributed by atoms with Crippen molar-refractivity contribution in [3.8, 4) is 11.1 Å². The molecule has 5 heterocycles. The van der Waals surface area contributed by atoms with Crippen LogP contribution in [-0.4, -0.2) is 62.7 Å². The summed E-state index contributed by atoms with van der Waals surface area (Å²) < 4.78 is 31.8. The number of H-pyrrole nitrogens is 1. The lowest BCUT2D eigenvalue weighted by atomic mass is 10.1. The van der Waals surface area contributed by atoms with Crippen LogP contribution in [0.1, 0.15) is 23.2 Å². The van der Waals surface area contributed by atoms with Crippen molar-refractivity contribution < 1.29 is 18.3 Å². The van der Waals surface area contributed by atoms with E-state index in [-0.39, 0.29) is 11.6 Å². The SMILES string of the molecule is O=C(NCC(F)F)c1cnn2ccc(-c3c[nH]c4nc(NC5CCOCC5)ncc34)cc12. The molecule has 1 aliphatic rings. The molecule has 5 rings (SSSR count). The first-order valence-electron chi connectivity index (χ1n) is 10.3. The lowest BCUT2D eigenvalue weighted by molar-refractivity contribution is 0.0893. The first-order valence-corrected chi connectivity index (χ1v) is 10.3. The molecule has 0 atom stereocenters. The predicted molar refractivity (Wildman–Crippen MR) is 114 cm³/mol. The molecule has 1 amide bonds. The molecule has 0 aliphatic carbocycles. The number of pyridine rings is 1. The Bertz CT molecular complexity index is 1260. The summed E-state index contributed by atoms with van der Waals surface area (Å²) in [5.41, 5.74) is 3.11. The van der Waals surface area contributed by atoms with Gasteiger partial charge in [-0.1, -0.05) is 0 Å². The molecule has 0 bridgehead atoms. The van der Waals surface area contributed by atoms with E-state index in [9.17, 15) is 13.6 Å². The number of nitrogens with zero attached hydrogens (tertiary/aromatic N) is 4. The van der Waals surface area contributed by atoms with E-state index >= 15 is 0 Å². The number of nitrogens with one attached hydrogen (secondary N) is 3. The van der Waals surface area contributed by atoms with Crippen LogP contribution in [0.2, 0.25) is 0 Å². The molecule has 1 fully saturated rings. The maximum atomic E-state index is 12.4. The Morgan fingerprint density at radius 2 is 2.16 bits per heavy atom. The van der Waals surface area contributed by atoms with Crippen LogP contribution in [0.3, 0.4) is 0 Å². The summed E-state index contributed by atoms with van der Waals surface area (Å²) in [6, 6.07) is 3.94. The van der Waals surface area contributed by atoms with Crippen LogP contribution >= 0.6 is 0 Å². The zero-order chi connectivity index (χ0) is 22.1. The van der Waals surface area contributed by atoms with E-state index in [2.05, 4.69) is 30.7 Å². The Labute approximate surface area is 181 Å². The molecule has 4 aromatic heterocycles. The molecular formula is C21H21F2N7O2. The van der Waals surface area contributed by atoms with Gasteiger partial charge in [0.1, 0.15) is 5.65 Å². The lowest BCUT2D eigenvalue weighted by Crippen LogP contribution is -2.28.